The third-order valence-electron chi connectivity index (χ3n) is 1.73. The van der Waals surface area contributed by atoms with Crippen LogP contribution in [0.3, 0.4) is 0 Å². The van der Waals surface area contributed by atoms with Gasteiger partial charge in [-0.3, -0.25) is 0 Å². The highest BCUT2D eigenvalue weighted by molar-refractivity contribution is 5.46. The maximum Gasteiger partial charge on any atom is 0.135 e. The van der Waals surface area contributed by atoms with Crippen LogP contribution in [-0.2, 0) is 0 Å². The van der Waals surface area contributed by atoms with Gasteiger partial charge in [0.2, 0.25) is 0 Å². The van der Waals surface area contributed by atoms with E-state index in [2.05, 4.69) is 17.2 Å². The fourth-order valence-electron chi connectivity index (χ4n) is 1.11. The van der Waals surface area contributed by atoms with Gasteiger partial charge in [-0.05, 0) is 32.2 Å². The summed E-state index contributed by atoms with van der Waals surface area (Å²) in [5.74, 6) is 6.06. The van der Waals surface area contributed by atoms with Crippen molar-refractivity contribution in [1.82, 2.24) is 5.32 Å². The summed E-state index contributed by atoms with van der Waals surface area (Å²) in [5, 5.41) is 2.90. The highest BCUT2D eigenvalue weighted by atomic mass is 19.1. The smallest absolute Gasteiger partial charge is 0.135 e. The van der Waals surface area contributed by atoms with E-state index in [9.17, 15) is 4.39 Å². The monoisotopic (exact) mass is 207 g/mol. The maximum atomic E-state index is 13.0. The van der Waals surface area contributed by atoms with Crippen molar-refractivity contribution in [2.45, 2.75) is 6.92 Å². The van der Waals surface area contributed by atoms with Gasteiger partial charge in [-0.15, -0.1) is 0 Å². The maximum absolute atomic E-state index is 13.0. The molecule has 1 aromatic carbocycles. The summed E-state index contributed by atoms with van der Waals surface area (Å²) in [7, 11) is 1.81. The zero-order valence-corrected chi connectivity index (χ0v) is 8.93. The number of nitrogens with one attached hydrogen (secondary N) is 1. The third-order valence-corrected chi connectivity index (χ3v) is 1.73. The molecule has 0 spiro atoms. The van der Waals surface area contributed by atoms with E-state index in [4.69, 9.17) is 4.74 Å². The van der Waals surface area contributed by atoms with Gasteiger partial charge in [0.1, 0.15) is 11.6 Å². The Morgan fingerprint density at radius 2 is 2.27 bits per heavy atom. The molecule has 0 unspecified atom stereocenters. The molecule has 0 radical (unpaired) electrons. The molecule has 0 aliphatic rings. The van der Waals surface area contributed by atoms with E-state index in [-0.39, 0.29) is 5.82 Å². The number of rotatable bonds is 3. The van der Waals surface area contributed by atoms with Gasteiger partial charge in [0, 0.05) is 0 Å². The normalized spacial score (nSPS) is 9.27. The lowest BCUT2D eigenvalue weighted by atomic mass is 10.2. The molecule has 0 aliphatic carbocycles. The predicted molar refractivity (Wildman–Crippen MR) is 58.4 cm³/mol. The lowest BCUT2D eigenvalue weighted by Crippen LogP contribution is -2.04. The Labute approximate surface area is 89.4 Å². The molecule has 3 heteroatoms. The Bertz CT molecular complexity index is 379. The molecule has 0 fully saturated rings. The Morgan fingerprint density at radius 1 is 1.47 bits per heavy atom. The van der Waals surface area contributed by atoms with Gasteiger partial charge in [-0.2, -0.15) is 0 Å². The molecule has 0 aliphatic heterocycles. The first-order valence-corrected chi connectivity index (χ1v) is 4.83. The van der Waals surface area contributed by atoms with Crippen LogP contribution in [-0.4, -0.2) is 20.2 Å². The largest absolute Gasteiger partial charge is 0.493 e. The van der Waals surface area contributed by atoms with Crippen molar-refractivity contribution >= 4 is 0 Å². The molecule has 0 atom stereocenters. The summed E-state index contributed by atoms with van der Waals surface area (Å²) in [6.07, 6.45) is 0. The van der Waals surface area contributed by atoms with Gasteiger partial charge >= 0.3 is 0 Å². The van der Waals surface area contributed by atoms with Crippen LogP contribution < -0.4 is 10.1 Å². The quantitative estimate of drug-likeness (QED) is 0.763. The summed E-state index contributed by atoms with van der Waals surface area (Å²) in [4.78, 5) is 0. The first-order valence-electron chi connectivity index (χ1n) is 4.83. The van der Waals surface area contributed by atoms with E-state index in [1.54, 1.807) is 6.07 Å². The molecule has 1 N–H and O–H groups in total. The number of hydrogen-bond acceptors (Lipinski definition) is 2. The molecule has 0 bridgehead atoms. The van der Waals surface area contributed by atoms with Gasteiger partial charge in [-0.25, -0.2) is 4.39 Å². The summed E-state index contributed by atoms with van der Waals surface area (Å²) in [6.45, 7) is 3.00. The van der Waals surface area contributed by atoms with Crippen LogP contribution in [0.2, 0.25) is 0 Å². The van der Waals surface area contributed by atoms with Crippen LogP contribution in [0, 0.1) is 17.7 Å². The predicted octanol–water partition coefficient (Wildman–Crippen LogP) is 1.80. The van der Waals surface area contributed by atoms with Crippen molar-refractivity contribution in [3.05, 3.63) is 29.6 Å². The van der Waals surface area contributed by atoms with Crippen molar-refractivity contribution < 1.29 is 9.13 Å². The van der Waals surface area contributed by atoms with E-state index in [1.165, 1.54) is 12.1 Å². The summed E-state index contributed by atoms with van der Waals surface area (Å²) in [5.41, 5.74) is 0.590. The van der Waals surface area contributed by atoms with Crippen molar-refractivity contribution in [3.8, 4) is 17.6 Å². The lowest BCUT2D eigenvalue weighted by molar-refractivity contribution is 0.338. The molecule has 2 nitrogen and oxygen atoms in total. The zero-order valence-electron chi connectivity index (χ0n) is 8.93. The van der Waals surface area contributed by atoms with Crippen molar-refractivity contribution in [2.24, 2.45) is 0 Å². The van der Waals surface area contributed by atoms with Crippen LogP contribution in [0.4, 0.5) is 4.39 Å². The number of halogens is 1. The number of benzene rings is 1. The summed E-state index contributed by atoms with van der Waals surface area (Å²) >= 11 is 0. The second kappa shape index (κ2) is 6.05. The lowest BCUT2D eigenvalue weighted by Gasteiger charge is -2.05. The average molecular weight is 207 g/mol. The number of hydrogen-bond donors (Lipinski definition) is 1. The van der Waals surface area contributed by atoms with Crippen molar-refractivity contribution in [3.63, 3.8) is 0 Å². The Balaban J connectivity index is 2.92. The van der Waals surface area contributed by atoms with E-state index < -0.39 is 0 Å². The molecule has 15 heavy (non-hydrogen) atoms. The van der Waals surface area contributed by atoms with Crippen molar-refractivity contribution in [2.75, 3.05) is 20.2 Å². The number of ether oxygens (including phenoxy) is 1. The molecule has 0 saturated carbocycles. The van der Waals surface area contributed by atoms with E-state index >= 15 is 0 Å². The molecule has 0 amide bonds. The van der Waals surface area contributed by atoms with Crippen LogP contribution in [0.5, 0.6) is 5.75 Å². The Hall–Kier alpha value is -1.53. The van der Waals surface area contributed by atoms with Gasteiger partial charge in [-0.1, -0.05) is 11.8 Å². The second-order valence-electron chi connectivity index (χ2n) is 2.91. The fourth-order valence-corrected chi connectivity index (χ4v) is 1.11. The average Bonchev–Trinajstić information content (AvgIpc) is 2.22. The highest BCUT2D eigenvalue weighted by Crippen LogP contribution is 2.18. The molecular formula is C12H14FNO. The standard InChI is InChI=1S/C12H14FNO/c1-3-15-12-7-6-11(13)9-10(12)5-4-8-14-2/h6-7,9,14H,3,8H2,1-2H3. The molecule has 0 heterocycles. The third kappa shape index (κ3) is 3.61. The van der Waals surface area contributed by atoms with Gasteiger partial charge < -0.3 is 10.1 Å². The van der Waals surface area contributed by atoms with Crippen molar-refractivity contribution in [1.29, 1.82) is 0 Å². The van der Waals surface area contributed by atoms with Crippen LogP contribution in [0.1, 0.15) is 12.5 Å². The highest BCUT2D eigenvalue weighted by Gasteiger charge is 2.01. The van der Waals surface area contributed by atoms with Gasteiger partial charge in [0.05, 0.1) is 18.7 Å². The fraction of sp³-hybridized carbons (Fsp3) is 0.333. The molecule has 80 valence electrons. The molecule has 0 saturated heterocycles. The van der Waals surface area contributed by atoms with Crippen LogP contribution >= 0.6 is 0 Å². The van der Waals surface area contributed by atoms with Gasteiger partial charge in [0.15, 0.2) is 0 Å². The zero-order chi connectivity index (χ0) is 11.1. The first-order chi connectivity index (χ1) is 7.27. The molecule has 1 aromatic rings. The van der Waals surface area contributed by atoms with Crippen LogP contribution in [0.25, 0.3) is 0 Å². The van der Waals surface area contributed by atoms with Crippen LogP contribution in [0.15, 0.2) is 18.2 Å². The molecule has 1 rings (SSSR count). The topological polar surface area (TPSA) is 21.3 Å². The minimum atomic E-state index is -0.299. The van der Waals surface area contributed by atoms with E-state index in [0.717, 1.165) is 0 Å². The van der Waals surface area contributed by atoms with Gasteiger partial charge in [0.25, 0.3) is 0 Å². The Kier molecular flexibility index (Phi) is 4.65. The molecular weight excluding hydrogens is 193 g/mol. The second-order valence-corrected chi connectivity index (χ2v) is 2.91. The van der Waals surface area contributed by atoms with E-state index in [0.29, 0.717) is 24.5 Å². The SMILES string of the molecule is CCOc1ccc(F)cc1C#CCNC. The first kappa shape index (κ1) is 11.5. The minimum Gasteiger partial charge on any atom is -0.493 e. The minimum absolute atomic E-state index is 0.299. The summed E-state index contributed by atoms with van der Waals surface area (Å²) < 4.78 is 18.3. The van der Waals surface area contributed by atoms with E-state index in [1.807, 2.05) is 14.0 Å². The Morgan fingerprint density at radius 3 is 2.93 bits per heavy atom. The summed E-state index contributed by atoms with van der Waals surface area (Å²) in [6, 6.07) is 4.35. The molecule has 0 aromatic heterocycles.